The lowest BCUT2D eigenvalue weighted by atomic mass is 9.89. The number of alkyl halides is 26. The Balaban J connectivity index is 0. The van der Waals surface area contributed by atoms with E-state index in [1.807, 2.05) is 0 Å². The number of halogens is 26. The molecular formula is C17H8F26O4. The Morgan fingerprint density at radius 1 is 0.298 bits per heavy atom. The molecular weight excluding hydrogens is 762 g/mol. The normalized spacial score (nSPS) is 16.0. The van der Waals surface area contributed by atoms with Crippen molar-refractivity contribution in [3.05, 3.63) is 0 Å². The minimum Gasteiger partial charge on any atom is -0.477 e. The van der Waals surface area contributed by atoms with E-state index in [1.165, 1.54) is 0 Å². The summed E-state index contributed by atoms with van der Waals surface area (Å²) in [6.07, 6.45) is 0. The maximum atomic E-state index is 13.0. The highest BCUT2D eigenvalue weighted by atomic mass is 19.4. The molecule has 0 amide bonds. The minimum atomic E-state index is -8.23. The average molecular weight is 770 g/mol. The van der Waals surface area contributed by atoms with Gasteiger partial charge in [0.1, 0.15) is 0 Å². The van der Waals surface area contributed by atoms with Crippen molar-refractivity contribution in [3.63, 3.8) is 0 Å². The molecule has 0 aliphatic heterocycles. The van der Waals surface area contributed by atoms with Crippen molar-refractivity contribution in [3.8, 4) is 0 Å². The number of carbonyl (C=O) groups is 2. The van der Waals surface area contributed by atoms with Crippen molar-refractivity contribution < 1.29 is 134 Å². The summed E-state index contributed by atoms with van der Waals surface area (Å²) in [4.78, 5) is 19.5. The maximum absolute atomic E-state index is 13.0. The first-order valence-electron chi connectivity index (χ1n) is 10.0. The van der Waals surface area contributed by atoms with Gasteiger partial charge in [0.15, 0.2) is 0 Å². The second-order valence-corrected chi connectivity index (χ2v) is 8.71. The van der Waals surface area contributed by atoms with E-state index in [4.69, 9.17) is 10.2 Å². The standard InChI is InChI=1S/C9H4F14O2.C8H4F12O2/c1-3(10,11)5(14,15)7(18,19)9(22,23)8(20,21)6(16,17)4(12,13)2(24)25;1-3(9,10)5(13,14)7(17,18)8(19,20)6(15,16)4(11,12)2(21)22/h1H3,(H,24,25);1H3,(H,21,22). The SMILES string of the molecule is CC(F)(F)C(F)(F)C(F)(F)C(F)(F)C(F)(F)C(F)(F)C(=O)O.CC(F)(F)C(F)(F)C(F)(F)C(F)(F)C(F)(F)C(F)(F)C(F)(F)C(=O)O. The third kappa shape index (κ3) is 6.24. The highest BCUT2D eigenvalue weighted by Gasteiger charge is 2.94. The van der Waals surface area contributed by atoms with Crippen LogP contribution in [0.2, 0.25) is 0 Å². The van der Waals surface area contributed by atoms with E-state index in [0.717, 1.165) is 0 Å². The molecule has 2 N–H and O–H groups in total. The Labute approximate surface area is 238 Å². The number of carboxylic acid groups (broad SMARTS) is 2. The van der Waals surface area contributed by atoms with Crippen LogP contribution in [0.25, 0.3) is 0 Å². The first-order chi connectivity index (χ1) is 19.6. The van der Waals surface area contributed by atoms with Crippen LogP contribution in [-0.2, 0) is 9.59 Å². The third-order valence-electron chi connectivity index (χ3n) is 5.19. The number of hydrogen-bond acceptors (Lipinski definition) is 2. The lowest BCUT2D eigenvalue weighted by molar-refractivity contribution is -0.437. The molecule has 0 saturated carbocycles. The van der Waals surface area contributed by atoms with Gasteiger partial charge in [-0.25, -0.2) is 9.59 Å². The summed E-state index contributed by atoms with van der Waals surface area (Å²) in [7, 11) is 0. The van der Waals surface area contributed by atoms with Crippen molar-refractivity contribution in [1.82, 2.24) is 0 Å². The fraction of sp³-hybridized carbons (Fsp3) is 0.882. The number of aliphatic carboxylic acids is 2. The molecule has 30 heteroatoms. The highest BCUT2D eigenvalue weighted by Crippen LogP contribution is 2.63. The molecule has 0 radical (unpaired) electrons. The molecule has 0 spiro atoms. The molecule has 0 rings (SSSR count). The Kier molecular flexibility index (Phi) is 11.4. The maximum Gasteiger partial charge on any atom is 0.410 e. The summed E-state index contributed by atoms with van der Waals surface area (Å²) in [5.74, 6) is -105. The average Bonchev–Trinajstić information content (AvgIpc) is 2.81. The predicted octanol–water partition coefficient (Wildman–Crippen LogP) is 8.44. The summed E-state index contributed by atoms with van der Waals surface area (Å²) < 4.78 is 330. The molecule has 0 aromatic rings. The summed E-state index contributed by atoms with van der Waals surface area (Å²) in [5.41, 5.74) is 0. The molecule has 282 valence electrons. The first-order valence-corrected chi connectivity index (χ1v) is 10.0. The van der Waals surface area contributed by atoms with E-state index < -0.39 is 103 Å². The fourth-order valence-corrected chi connectivity index (χ4v) is 2.20. The Morgan fingerprint density at radius 2 is 0.426 bits per heavy atom. The van der Waals surface area contributed by atoms with Crippen LogP contribution in [0.15, 0.2) is 0 Å². The van der Waals surface area contributed by atoms with E-state index in [1.54, 1.807) is 0 Å². The summed E-state index contributed by atoms with van der Waals surface area (Å²) in [6.45, 7) is -2.22. The molecule has 0 bridgehead atoms. The molecule has 0 atom stereocenters. The van der Waals surface area contributed by atoms with Gasteiger partial charge in [0.2, 0.25) is 0 Å². The molecule has 0 unspecified atom stereocenters. The van der Waals surface area contributed by atoms with Gasteiger partial charge in [0.25, 0.3) is 0 Å². The summed E-state index contributed by atoms with van der Waals surface area (Å²) in [5, 5.41) is 15.3. The van der Waals surface area contributed by atoms with Crippen molar-refractivity contribution in [2.75, 3.05) is 0 Å². The second kappa shape index (κ2) is 11.6. The van der Waals surface area contributed by atoms with Gasteiger partial charge in [-0.2, -0.15) is 114 Å². The van der Waals surface area contributed by atoms with Gasteiger partial charge in [0.05, 0.1) is 0 Å². The monoisotopic (exact) mass is 770 g/mol. The zero-order valence-corrected chi connectivity index (χ0v) is 21.0. The molecule has 0 heterocycles. The first kappa shape index (κ1) is 46.2. The van der Waals surface area contributed by atoms with Crippen LogP contribution in [0, 0.1) is 0 Å². The third-order valence-corrected chi connectivity index (χ3v) is 5.19. The van der Waals surface area contributed by atoms with E-state index in [9.17, 15) is 124 Å². The van der Waals surface area contributed by atoms with Crippen LogP contribution in [-0.4, -0.2) is 99.1 Å². The van der Waals surface area contributed by atoms with Crippen molar-refractivity contribution in [1.29, 1.82) is 0 Å². The Morgan fingerprint density at radius 3 is 0.553 bits per heavy atom. The largest absolute Gasteiger partial charge is 0.477 e. The van der Waals surface area contributed by atoms with E-state index in [2.05, 4.69) is 0 Å². The van der Waals surface area contributed by atoms with E-state index in [0.29, 0.717) is 0 Å². The lowest BCUT2D eigenvalue weighted by Gasteiger charge is -2.41. The van der Waals surface area contributed by atoms with Crippen molar-refractivity contribution in [2.45, 2.75) is 90.8 Å². The lowest BCUT2D eigenvalue weighted by Crippen LogP contribution is -2.73. The van der Waals surface area contributed by atoms with Crippen molar-refractivity contribution >= 4 is 11.9 Å². The van der Waals surface area contributed by atoms with Gasteiger partial charge in [-0.1, -0.05) is 0 Å². The molecule has 0 aromatic heterocycles. The van der Waals surface area contributed by atoms with E-state index in [-0.39, 0.29) is 0 Å². The van der Waals surface area contributed by atoms with Gasteiger partial charge in [0, 0.05) is 13.8 Å². The molecule has 0 aromatic carbocycles. The van der Waals surface area contributed by atoms with Crippen molar-refractivity contribution in [2.24, 2.45) is 0 Å². The number of rotatable bonds is 13. The van der Waals surface area contributed by atoms with Gasteiger partial charge in [-0.3, -0.25) is 0 Å². The van der Waals surface area contributed by atoms with Crippen LogP contribution in [0.3, 0.4) is 0 Å². The minimum absolute atomic E-state index is 1.05. The number of hydrogen-bond donors (Lipinski definition) is 2. The molecule has 0 aliphatic rings. The molecule has 4 nitrogen and oxygen atoms in total. The Hall–Kier alpha value is -2.88. The molecule has 0 saturated heterocycles. The quantitative estimate of drug-likeness (QED) is 0.185. The van der Waals surface area contributed by atoms with E-state index >= 15 is 0 Å². The van der Waals surface area contributed by atoms with Gasteiger partial charge < -0.3 is 10.2 Å². The zero-order chi connectivity index (χ0) is 39.7. The van der Waals surface area contributed by atoms with Crippen LogP contribution >= 0.6 is 0 Å². The van der Waals surface area contributed by atoms with Crippen LogP contribution < -0.4 is 0 Å². The van der Waals surface area contributed by atoms with Crippen LogP contribution in [0.5, 0.6) is 0 Å². The second-order valence-electron chi connectivity index (χ2n) is 8.71. The molecule has 0 aliphatic carbocycles. The predicted molar refractivity (Wildman–Crippen MR) is 90.9 cm³/mol. The van der Waals surface area contributed by atoms with Gasteiger partial charge in [-0.15, -0.1) is 0 Å². The van der Waals surface area contributed by atoms with Crippen LogP contribution in [0.4, 0.5) is 114 Å². The molecule has 0 fully saturated rings. The summed E-state index contributed by atoms with van der Waals surface area (Å²) >= 11 is 0. The number of carboxylic acids is 2. The fourth-order valence-electron chi connectivity index (χ4n) is 2.20. The Bertz CT molecular complexity index is 1160. The summed E-state index contributed by atoms with van der Waals surface area (Å²) in [6, 6.07) is 0. The highest BCUT2D eigenvalue weighted by molar-refractivity contribution is 5.77. The topological polar surface area (TPSA) is 74.6 Å². The smallest absolute Gasteiger partial charge is 0.410 e. The van der Waals surface area contributed by atoms with Gasteiger partial charge >= 0.3 is 88.9 Å². The van der Waals surface area contributed by atoms with Gasteiger partial charge in [-0.05, 0) is 0 Å². The van der Waals surface area contributed by atoms with Crippen LogP contribution in [0.1, 0.15) is 13.8 Å². The zero-order valence-electron chi connectivity index (χ0n) is 21.0. The molecule has 47 heavy (non-hydrogen) atoms.